The van der Waals surface area contributed by atoms with Crippen molar-refractivity contribution >= 4 is 22.9 Å². The maximum Gasteiger partial charge on any atom is 0.230 e. The van der Waals surface area contributed by atoms with Gasteiger partial charge in [-0.1, -0.05) is 0 Å². The molecule has 1 aliphatic heterocycles. The van der Waals surface area contributed by atoms with Gasteiger partial charge < -0.3 is 10.1 Å². The number of thiophene rings is 1. The third-order valence-corrected chi connectivity index (χ3v) is 4.74. The molecular formula is C15H19N3O2S. The highest BCUT2D eigenvalue weighted by atomic mass is 32.1. The SMILES string of the molecule is CCn1nccc1[C@@H]1OCC[C@H]1C(=O)Nc1cscc1C. The van der Waals surface area contributed by atoms with Crippen molar-refractivity contribution in [3.63, 3.8) is 0 Å². The Balaban J connectivity index is 1.78. The second-order valence-corrected chi connectivity index (χ2v) is 5.96. The van der Waals surface area contributed by atoms with Gasteiger partial charge in [0.1, 0.15) is 6.10 Å². The van der Waals surface area contributed by atoms with Crippen LogP contribution in [0, 0.1) is 12.8 Å². The number of nitrogens with one attached hydrogen (secondary N) is 1. The molecule has 0 unspecified atom stereocenters. The molecule has 0 spiro atoms. The molecular weight excluding hydrogens is 286 g/mol. The van der Waals surface area contributed by atoms with E-state index in [0.29, 0.717) is 6.61 Å². The first kappa shape index (κ1) is 14.3. The standard InChI is InChI=1S/C15H19N3O2S/c1-3-18-13(4-6-16-18)14-11(5-7-20-14)15(19)17-12-9-21-8-10(12)2/h4,6,8-9,11,14H,3,5,7H2,1-2H3,(H,17,19)/t11-,14-/m1/s1. The minimum Gasteiger partial charge on any atom is -0.371 e. The van der Waals surface area contributed by atoms with Crippen LogP contribution in [0.15, 0.2) is 23.0 Å². The highest BCUT2D eigenvalue weighted by Gasteiger charge is 2.37. The van der Waals surface area contributed by atoms with E-state index in [0.717, 1.165) is 29.9 Å². The Morgan fingerprint density at radius 2 is 2.43 bits per heavy atom. The maximum absolute atomic E-state index is 12.6. The Hall–Kier alpha value is -1.66. The summed E-state index contributed by atoms with van der Waals surface area (Å²) in [4.78, 5) is 12.6. The summed E-state index contributed by atoms with van der Waals surface area (Å²) in [6.45, 7) is 5.43. The third kappa shape index (κ3) is 2.73. The van der Waals surface area contributed by atoms with Crippen LogP contribution in [0.1, 0.15) is 30.7 Å². The zero-order valence-corrected chi connectivity index (χ0v) is 13.0. The van der Waals surface area contributed by atoms with Gasteiger partial charge in [-0.3, -0.25) is 9.48 Å². The second kappa shape index (κ2) is 5.99. The summed E-state index contributed by atoms with van der Waals surface area (Å²) in [6.07, 6.45) is 2.30. The normalized spacial score (nSPS) is 21.6. The largest absolute Gasteiger partial charge is 0.371 e. The van der Waals surface area contributed by atoms with Gasteiger partial charge in [-0.25, -0.2) is 0 Å². The van der Waals surface area contributed by atoms with Gasteiger partial charge in [0, 0.05) is 24.7 Å². The lowest BCUT2D eigenvalue weighted by molar-refractivity contribution is -0.121. The molecule has 1 saturated heterocycles. The Kier molecular flexibility index (Phi) is 4.07. The fraction of sp³-hybridized carbons (Fsp3) is 0.467. The van der Waals surface area contributed by atoms with E-state index < -0.39 is 0 Å². The number of amides is 1. The Morgan fingerprint density at radius 3 is 3.14 bits per heavy atom. The molecule has 6 heteroatoms. The average Bonchev–Trinajstić information content (AvgIpc) is 3.18. The van der Waals surface area contributed by atoms with Gasteiger partial charge >= 0.3 is 0 Å². The summed E-state index contributed by atoms with van der Waals surface area (Å²) >= 11 is 1.60. The van der Waals surface area contributed by atoms with Crippen molar-refractivity contribution in [3.05, 3.63) is 34.3 Å². The number of carbonyl (C=O) groups is 1. The minimum absolute atomic E-state index is 0.0304. The van der Waals surface area contributed by atoms with E-state index in [-0.39, 0.29) is 17.9 Å². The van der Waals surface area contributed by atoms with Crippen LogP contribution in [-0.4, -0.2) is 22.3 Å². The van der Waals surface area contributed by atoms with E-state index in [2.05, 4.69) is 10.4 Å². The lowest BCUT2D eigenvalue weighted by Crippen LogP contribution is -2.26. The van der Waals surface area contributed by atoms with Crippen molar-refractivity contribution < 1.29 is 9.53 Å². The number of hydrogen-bond donors (Lipinski definition) is 1. The Morgan fingerprint density at radius 1 is 1.57 bits per heavy atom. The number of ether oxygens (including phenoxy) is 1. The maximum atomic E-state index is 12.6. The first-order valence-electron chi connectivity index (χ1n) is 7.17. The van der Waals surface area contributed by atoms with Gasteiger partial charge in [-0.15, -0.1) is 11.3 Å². The number of aryl methyl sites for hydroxylation is 2. The molecule has 0 saturated carbocycles. The Labute approximate surface area is 127 Å². The lowest BCUT2D eigenvalue weighted by atomic mass is 9.97. The molecule has 0 aromatic carbocycles. The molecule has 1 aliphatic rings. The summed E-state index contributed by atoms with van der Waals surface area (Å²) < 4.78 is 7.70. The number of nitrogens with zero attached hydrogens (tertiary/aromatic N) is 2. The lowest BCUT2D eigenvalue weighted by Gasteiger charge is -2.19. The summed E-state index contributed by atoms with van der Waals surface area (Å²) in [6, 6.07) is 1.94. The highest BCUT2D eigenvalue weighted by Crippen LogP contribution is 2.35. The van der Waals surface area contributed by atoms with Crippen LogP contribution < -0.4 is 5.32 Å². The molecule has 21 heavy (non-hydrogen) atoms. The summed E-state index contributed by atoms with van der Waals surface area (Å²) in [5, 5.41) is 11.3. The predicted molar refractivity (Wildman–Crippen MR) is 82.4 cm³/mol. The fourth-order valence-corrected chi connectivity index (χ4v) is 3.49. The summed E-state index contributed by atoms with van der Waals surface area (Å²) in [5.41, 5.74) is 2.99. The number of hydrogen-bond acceptors (Lipinski definition) is 4. The molecule has 112 valence electrons. The van der Waals surface area contributed by atoms with Gasteiger partial charge in [0.15, 0.2) is 0 Å². The predicted octanol–water partition coefficient (Wildman–Crippen LogP) is 2.99. The number of aromatic nitrogens is 2. The molecule has 2 atom stereocenters. The van der Waals surface area contributed by atoms with Crippen LogP contribution in [0.4, 0.5) is 5.69 Å². The van der Waals surface area contributed by atoms with Crippen molar-refractivity contribution in [2.75, 3.05) is 11.9 Å². The van der Waals surface area contributed by atoms with E-state index >= 15 is 0 Å². The van der Waals surface area contributed by atoms with Gasteiger partial charge in [0.05, 0.1) is 17.3 Å². The average molecular weight is 305 g/mol. The summed E-state index contributed by atoms with van der Waals surface area (Å²) in [7, 11) is 0. The van der Waals surface area contributed by atoms with Crippen LogP contribution in [0.2, 0.25) is 0 Å². The molecule has 5 nitrogen and oxygen atoms in total. The van der Waals surface area contributed by atoms with Crippen molar-refractivity contribution in [2.24, 2.45) is 5.92 Å². The molecule has 1 fully saturated rings. The molecule has 1 amide bonds. The molecule has 0 bridgehead atoms. The highest BCUT2D eigenvalue weighted by molar-refractivity contribution is 7.08. The molecule has 2 aromatic rings. The van der Waals surface area contributed by atoms with Gasteiger partial charge in [-0.05, 0) is 37.3 Å². The van der Waals surface area contributed by atoms with E-state index in [9.17, 15) is 4.79 Å². The zero-order valence-electron chi connectivity index (χ0n) is 12.2. The van der Waals surface area contributed by atoms with Crippen LogP contribution in [0.3, 0.4) is 0 Å². The molecule has 0 radical (unpaired) electrons. The molecule has 0 aliphatic carbocycles. The van der Waals surface area contributed by atoms with Crippen LogP contribution in [0.25, 0.3) is 0 Å². The van der Waals surface area contributed by atoms with E-state index in [1.54, 1.807) is 17.5 Å². The van der Waals surface area contributed by atoms with Crippen molar-refractivity contribution in [1.29, 1.82) is 0 Å². The quantitative estimate of drug-likeness (QED) is 0.944. The monoisotopic (exact) mass is 305 g/mol. The van der Waals surface area contributed by atoms with Crippen LogP contribution in [0.5, 0.6) is 0 Å². The Bertz CT molecular complexity index is 634. The van der Waals surface area contributed by atoms with Gasteiger partial charge in [-0.2, -0.15) is 5.10 Å². The number of rotatable bonds is 4. The topological polar surface area (TPSA) is 56.2 Å². The zero-order chi connectivity index (χ0) is 14.8. The van der Waals surface area contributed by atoms with Crippen molar-refractivity contribution in [2.45, 2.75) is 32.9 Å². The van der Waals surface area contributed by atoms with Crippen LogP contribution in [-0.2, 0) is 16.1 Å². The smallest absolute Gasteiger partial charge is 0.230 e. The van der Waals surface area contributed by atoms with E-state index in [4.69, 9.17) is 4.74 Å². The molecule has 3 heterocycles. The summed E-state index contributed by atoms with van der Waals surface area (Å²) in [5.74, 6) is -0.130. The number of anilines is 1. The third-order valence-electron chi connectivity index (χ3n) is 3.88. The molecule has 3 rings (SSSR count). The van der Waals surface area contributed by atoms with Gasteiger partial charge in [0.2, 0.25) is 5.91 Å². The molecule has 1 N–H and O–H groups in total. The fourth-order valence-electron chi connectivity index (χ4n) is 2.71. The minimum atomic E-state index is -0.202. The van der Waals surface area contributed by atoms with E-state index in [1.807, 2.05) is 35.4 Å². The first-order valence-corrected chi connectivity index (χ1v) is 8.12. The first-order chi connectivity index (χ1) is 10.2. The number of carbonyl (C=O) groups excluding carboxylic acids is 1. The van der Waals surface area contributed by atoms with E-state index in [1.165, 1.54) is 0 Å². The van der Waals surface area contributed by atoms with Crippen LogP contribution >= 0.6 is 11.3 Å². The molecule has 2 aromatic heterocycles. The second-order valence-electron chi connectivity index (χ2n) is 5.22. The van der Waals surface area contributed by atoms with Crippen molar-refractivity contribution in [1.82, 2.24) is 9.78 Å². The van der Waals surface area contributed by atoms with Crippen molar-refractivity contribution in [3.8, 4) is 0 Å². The van der Waals surface area contributed by atoms with Gasteiger partial charge in [0.25, 0.3) is 0 Å².